The number of hydrogen-bond donors (Lipinski definition) is 2. The van der Waals surface area contributed by atoms with Gasteiger partial charge in [0.2, 0.25) is 0 Å². The molecule has 0 radical (unpaired) electrons. The molecule has 0 saturated carbocycles. The molecule has 3 heteroatoms. The fraction of sp³-hybridized carbons (Fsp3) is 0.308. The second-order valence-electron chi connectivity index (χ2n) is 4.07. The Labute approximate surface area is 95.7 Å². The average Bonchev–Trinajstić information content (AvgIpc) is 2.60. The molecule has 0 aliphatic rings. The minimum absolute atomic E-state index is 0.625. The number of nitrogens with zero attached hydrogens (tertiary/aromatic N) is 1. The molecule has 1 aromatic carbocycles. The summed E-state index contributed by atoms with van der Waals surface area (Å²) in [5.74, 6) is 0.969. The van der Waals surface area contributed by atoms with Gasteiger partial charge in [0.05, 0.1) is 5.69 Å². The van der Waals surface area contributed by atoms with Gasteiger partial charge in [-0.25, -0.2) is 4.98 Å². The van der Waals surface area contributed by atoms with E-state index in [2.05, 4.69) is 41.2 Å². The number of rotatable bonds is 3. The predicted octanol–water partition coefficient (Wildman–Crippen LogP) is 2.19. The van der Waals surface area contributed by atoms with E-state index in [0.29, 0.717) is 6.54 Å². The van der Waals surface area contributed by atoms with Crippen LogP contribution in [0.1, 0.15) is 17.1 Å². The molecule has 2 aromatic rings. The summed E-state index contributed by atoms with van der Waals surface area (Å²) in [6.45, 7) is 4.76. The summed E-state index contributed by atoms with van der Waals surface area (Å²) in [6.07, 6.45) is 0.798. The number of nitrogens with two attached hydrogens (primary N) is 1. The van der Waals surface area contributed by atoms with Crippen LogP contribution < -0.4 is 5.73 Å². The lowest BCUT2D eigenvalue weighted by molar-refractivity contribution is 0.891. The first kappa shape index (κ1) is 10.9. The summed E-state index contributed by atoms with van der Waals surface area (Å²) in [7, 11) is 0. The van der Waals surface area contributed by atoms with E-state index in [1.807, 2.05) is 6.92 Å². The molecule has 0 amide bonds. The lowest BCUT2D eigenvalue weighted by Gasteiger charge is -1.99. The van der Waals surface area contributed by atoms with Crippen molar-refractivity contribution < 1.29 is 0 Å². The molecule has 3 nitrogen and oxygen atoms in total. The Morgan fingerprint density at radius 1 is 1.31 bits per heavy atom. The van der Waals surface area contributed by atoms with Gasteiger partial charge in [0, 0.05) is 17.7 Å². The van der Waals surface area contributed by atoms with Crippen molar-refractivity contribution in [3.05, 3.63) is 41.3 Å². The van der Waals surface area contributed by atoms with Crippen LogP contribution in [-0.2, 0) is 6.42 Å². The first-order valence-corrected chi connectivity index (χ1v) is 5.53. The van der Waals surface area contributed by atoms with Gasteiger partial charge in [0.1, 0.15) is 5.82 Å². The molecule has 0 fully saturated rings. The van der Waals surface area contributed by atoms with Crippen LogP contribution in [0.3, 0.4) is 0 Å². The average molecular weight is 215 g/mol. The van der Waals surface area contributed by atoms with Crippen LogP contribution in [0.2, 0.25) is 0 Å². The standard InChI is InChI=1S/C13H17N3/c1-9-4-3-5-11(8-9)13-10(2)15-12(16-13)6-7-14/h3-5,8H,6-7,14H2,1-2H3,(H,15,16). The van der Waals surface area contributed by atoms with Crippen molar-refractivity contribution in [2.24, 2.45) is 5.73 Å². The third kappa shape index (κ3) is 2.14. The molecule has 0 unspecified atom stereocenters. The second kappa shape index (κ2) is 4.49. The molecule has 0 aliphatic heterocycles. The molecule has 1 heterocycles. The van der Waals surface area contributed by atoms with Crippen molar-refractivity contribution >= 4 is 0 Å². The molecule has 0 atom stereocenters. The number of aromatic amines is 1. The zero-order chi connectivity index (χ0) is 11.5. The lowest BCUT2D eigenvalue weighted by atomic mass is 10.1. The Hall–Kier alpha value is -1.61. The first-order chi connectivity index (χ1) is 7.70. The molecule has 2 rings (SSSR count). The minimum atomic E-state index is 0.625. The number of aromatic nitrogens is 2. The molecule has 84 valence electrons. The van der Waals surface area contributed by atoms with E-state index in [-0.39, 0.29) is 0 Å². The number of imidazole rings is 1. The van der Waals surface area contributed by atoms with Crippen molar-refractivity contribution in [2.45, 2.75) is 20.3 Å². The van der Waals surface area contributed by atoms with E-state index in [9.17, 15) is 0 Å². The van der Waals surface area contributed by atoms with Crippen LogP contribution in [0.5, 0.6) is 0 Å². The largest absolute Gasteiger partial charge is 0.346 e. The van der Waals surface area contributed by atoms with E-state index < -0.39 is 0 Å². The summed E-state index contributed by atoms with van der Waals surface area (Å²) in [4.78, 5) is 7.85. The van der Waals surface area contributed by atoms with Crippen molar-refractivity contribution in [1.82, 2.24) is 9.97 Å². The normalized spacial score (nSPS) is 10.7. The Bertz CT molecular complexity index is 486. The molecule has 3 N–H and O–H groups in total. The Morgan fingerprint density at radius 3 is 2.81 bits per heavy atom. The van der Waals surface area contributed by atoms with Crippen LogP contribution in [0, 0.1) is 13.8 Å². The van der Waals surface area contributed by atoms with Gasteiger partial charge in [-0.05, 0) is 26.5 Å². The zero-order valence-corrected chi connectivity index (χ0v) is 9.75. The third-order valence-electron chi connectivity index (χ3n) is 2.61. The molecule has 0 aliphatic carbocycles. The fourth-order valence-electron chi connectivity index (χ4n) is 1.85. The second-order valence-corrected chi connectivity index (χ2v) is 4.07. The predicted molar refractivity (Wildman–Crippen MR) is 66.3 cm³/mol. The van der Waals surface area contributed by atoms with Crippen molar-refractivity contribution in [2.75, 3.05) is 6.54 Å². The third-order valence-corrected chi connectivity index (χ3v) is 2.61. The molecule has 0 bridgehead atoms. The molecular formula is C13H17N3. The van der Waals surface area contributed by atoms with Crippen molar-refractivity contribution in [3.63, 3.8) is 0 Å². The van der Waals surface area contributed by atoms with Gasteiger partial charge in [-0.3, -0.25) is 0 Å². The lowest BCUT2D eigenvalue weighted by Crippen LogP contribution is -2.03. The maximum atomic E-state index is 5.52. The first-order valence-electron chi connectivity index (χ1n) is 5.53. The van der Waals surface area contributed by atoms with Gasteiger partial charge >= 0.3 is 0 Å². The maximum Gasteiger partial charge on any atom is 0.108 e. The molecule has 0 saturated heterocycles. The SMILES string of the molecule is Cc1cccc(-c2nc(CCN)[nH]c2C)c1. The summed E-state index contributed by atoms with van der Waals surface area (Å²) in [6, 6.07) is 8.38. The Balaban J connectivity index is 2.40. The van der Waals surface area contributed by atoms with E-state index in [4.69, 9.17) is 5.73 Å². The topological polar surface area (TPSA) is 54.7 Å². The smallest absolute Gasteiger partial charge is 0.108 e. The fourth-order valence-corrected chi connectivity index (χ4v) is 1.85. The Morgan fingerprint density at radius 2 is 2.12 bits per heavy atom. The van der Waals surface area contributed by atoms with E-state index >= 15 is 0 Å². The number of H-pyrrole nitrogens is 1. The monoisotopic (exact) mass is 215 g/mol. The maximum absolute atomic E-state index is 5.52. The highest BCUT2D eigenvalue weighted by atomic mass is 14.9. The summed E-state index contributed by atoms with van der Waals surface area (Å²) in [5.41, 5.74) is 10.1. The molecule has 16 heavy (non-hydrogen) atoms. The van der Waals surface area contributed by atoms with E-state index in [1.54, 1.807) is 0 Å². The van der Waals surface area contributed by atoms with Crippen LogP contribution >= 0.6 is 0 Å². The van der Waals surface area contributed by atoms with Crippen molar-refractivity contribution in [1.29, 1.82) is 0 Å². The molecule has 1 aromatic heterocycles. The van der Waals surface area contributed by atoms with Gasteiger partial charge in [-0.1, -0.05) is 23.8 Å². The minimum Gasteiger partial charge on any atom is -0.346 e. The molecule has 0 spiro atoms. The van der Waals surface area contributed by atoms with Gasteiger partial charge in [0.15, 0.2) is 0 Å². The van der Waals surface area contributed by atoms with Crippen LogP contribution in [0.15, 0.2) is 24.3 Å². The van der Waals surface area contributed by atoms with E-state index in [1.165, 1.54) is 5.56 Å². The number of aryl methyl sites for hydroxylation is 2. The van der Waals surface area contributed by atoms with Gasteiger partial charge in [-0.2, -0.15) is 0 Å². The van der Waals surface area contributed by atoms with Crippen molar-refractivity contribution in [3.8, 4) is 11.3 Å². The van der Waals surface area contributed by atoms with E-state index in [0.717, 1.165) is 29.2 Å². The quantitative estimate of drug-likeness (QED) is 0.824. The van der Waals surface area contributed by atoms with Crippen LogP contribution in [-0.4, -0.2) is 16.5 Å². The van der Waals surface area contributed by atoms with Gasteiger partial charge in [-0.15, -0.1) is 0 Å². The number of nitrogens with one attached hydrogen (secondary N) is 1. The van der Waals surface area contributed by atoms with Crippen LogP contribution in [0.4, 0.5) is 0 Å². The Kier molecular flexibility index (Phi) is 3.06. The molecular weight excluding hydrogens is 198 g/mol. The van der Waals surface area contributed by atoms with Gasteiger partial charge < -0.3 is 10.7 Å². The number of hydrogen-bond acceptors (Lipinski definition) is 2. The summed E-state index contributed by atoms with van der Waals surface area (Å²) in [5, 5.41) is 0. The van der Waals surface area contributed by atoms with Crippen LogP contribution in [0.25, 0.3) is 11.3 Å². The zero-order valence-electron chi connectivity index (χ0n) is 9.75. The highest BCUT2D eigenvalue weighted by molar-refractivity contribution is 5.62. The summed E-state index contributed by atoms with van der Waals surface area (Å²) >= 11 is 0. The summed E-state index contributed by atoms with van der Waals surface area (Å²) < 4.78 is 0. The number of benzene rings is 1. The van der Waals surface area contributed by atoms with Gasteiger partial charge in [0.25, 0.3) is 0 Å². The highest BCUT2D eigenvalue weighted by Gasteiger charge is 2.08. The highest BCUT2D eigenvalue weighted by Crippen LogP contribution is 2.21.